The van der Waals surface area contributed by atoms with Crippen LogP contribution in [0.3, 0.4) is 0 Å². The van der Waals surface area contributed by atoms with Gasteiger partial charge >= 0.3 is 13.3 Å². The highest BCUT2D eigenvalue weighted by Crippen LogP contribution is 2.31. The van der Waals surface area contributed by atoms with Crippen LogP contribution in [-0.4, -0.2) is 17.2 Å². The first-order chi connectivity index (χ1) is 7.21. The molecule has 2 nitrogen and oxygen atoms in total. The zero-order chi connectivity index (χ0) is 12.5. The number of halogens is 5. The Hall–Kier alpha value is -1.15. The summed E-state index contributed by atoms with van der Waals surface area (Å²) in [5.41, 5.74) is -2.86. The molecule has 1 aromatic rings. The van der Waals surface area contributed by atoms with Gasteiger partial charge in [-0.25, -0.2) is 8.78 Å². The molecular formula is C8H6BF5O2. The number of rotatable bonds is 2. The van der Waals surface area contributed by atoms with E-state index in [4.69, 9.17) is 10.0 Å². The highest BCUT2D eigenvalue weighted by atomic mass is 19.4. The molecule has 1 rings (SSSR count). The fourth-order valence-electron chi connectivity index (χ4n) is 1.12. The SMILES string of the molecule is OB(O)c1cc(C(F)F)cc(C(F)(F)F)c1. The van der Waals surface area contributed by atoms with Crippen molar-refractivity contribution in [3.8, 4) is 0 Å². The van der Waals surface area contributed by atoms with Crippen molar-refractivity contribution in [3.63, 3.8) is 0 Å². The third-order valence-electron chi connectivity index (χ3n) is 1.86. The first kappa shape index (κ1) is 12.9. The molecule has 0 radical (unpaired) electrons. The second-order valence-corrected chi connectivity index (χ2v) is 3.06. The Morgan fingerprint density at radius 2 is 1.62 bits per heavy atom. The molecule has 0 amide bonds. The summed E-state index contributed by atoms with van der Waals surface area (Å²) >= 11 is 0. The zero-order valence-corrected chi connectivity index (χ0v) is 7.67. The molecule has 0 bridgehead atoms. The van der Waals surface area contributed by atoms with Gasteiger partial charge in [0.05, 0.1) is 5.56 Å². The van der Waals surface area contributed by atoms with Crippen LogP contribution < -0.4 is 5.46 Å². The Morgan fingerprint density at radius 3 is 2.00 bits per heavy atom. The van der Waals surface area contributed by atoms with Crippen LogP contribution in [0.25, 0.3) is 0 Å². The summed E-state index contributed by atoms with van der Waals surface area (Å²) in [7, 11) is -2.22. The molecule has 2 N–H and O–H groups in total. The minimum Gasteiger partial charge on any atom is -0.423 e. The van der Waals surface area contributed by atoms with Gasteiger partial charge in [0.25, 0.3) is 6.43 Å². The molecule has 0 fully saturated rings. The van der Waals surface area contributed by atoms with Crippen molar-refractivity contribution < 1.29 is 32.0 Å². The van der Waals surface area contributed by atoms with E-state index in [-0.39, 0.29) is 6.07 Å². The average molecular weight is 240 g/mol. The van der Waals surface area contributed by atoms with Gasteiger partial charge in [0.2, 0.25) is 0 Å². The van der Waals surface area contributed by atoms with Crippen molar-refractivity contribution >= 4 is 12.6 Å². The van der Waals surface area contributed by atoms with Gasteiger partial charge in [-0.05, 0) is 11.5 Å². The predicted molar refractivity (Wildman–Crippen MR) is 46.2 cm³/mol. The van der Waals surface area contributed by atoms with E-state index in [9.17, 15) is 22.0 Å². The molecule has 0 saturated carbocycles. The topological polar surface area (TPSA) is 40.5 Å². The van der Waals surface area contributed by atoms with Crippen LogP contribution in [0.4, 0.5) is 22.0 Å². The lowest BCUT2D eigenvalue weighted by Gasteiger charge is -2.11. The lowest BCUT2D eigenvalue weighted by Crippen LogP contribution is -2.31. The van der Waals surface area contributed by atoms with Gasteiger partial charge in [-0.15, -0.1) is 0 Å². The molecule has 0 saturated heterocycles. The summed E-state index contributed by atoms with van der Waals surface area (Å²) in [5, 5.41) is 17.3. The van der Waals surface area contributed by atoms with Crippen LogP contribution >= 0.6 is 0 Å². The molecule has 88 valence electrons. The van der Waals surface area contributed by atoms with Gasteiger partial charge in [-0.2, -0.15) is 13.2 Å². The molecular weight excluding hydrogens is 234 g/mol. The molecule has 8 heteroatoms. The highest BCUT2D eigenvalue weighted by molar-refractivity contribution is 6.58. The van der Waals surface area contributed by atoms with E-state index in [1.807, 2.05) is 0 Å². The highest BCUT2D eigenvalue weighted by Gasteiger charge is 2.33. The molecule has 0 aliphatic carbocycles. The maximum atomic E-state index is 12.3. The maximum Gasteiger partial charge on any atom is 0.488 e. The van der Waals surface area contributed by atoms with E-state index in [0.717, 1.165) is 0 Å². The van der Waals surface area contributed by atoms with Gasteiger partial charge in [0.15, 0.2) is 0 Å². The van der Waals surface area contributed by atoms with Crippen molar-refractivity contribution in [1.82, 2.24) is 0 Å². The van der Waals surface area contributed by atoms with Crippen LogP contribution in [-0.2, 0) is 6.18 Å². The second-order valence-electron chi connectivity index (χ2n) is 3.06. The smallest absolute Gasteiger partial charge is 0.423 e. The minimum atomic E-state index is -4.81. The average Bonchev–Trinajstić information content (AvgIpc) is 2.15. The van der Waals surface area contributed by atoms with Gasteiger partial charge in [0.1, 0.15) is 0 Å². The Kier molecular flexibility index (Phi) is 3.54. The van der Waals surface area contributed by atoms with E-state index < -0.39 is 36.3 Å². The number of hydrogen-bond donors (Lipinski definition) is 2. The van der Waals surface area contributed by atoms with Crippen LogP contribution in [0.1, 0.15) is 17.6 Å². The molecule has 0 spiro atoms. The third-order valence-corrected chi connectivity index (χ3v) is 1.86. The summed E-state index contributed by atoms with van der Waals surface area (Å²) in [4.78, 5) is 0. The van der Waals surface area contributed by atoms with Crippen LogP contribution in [0.15, 0.2) is 18.2 Å². The van der Waals surface area contributed by atoms with Crippen LogP contribution in [0, 0.1) is 0 Å². The Morgan fingerprint density at radius 1 is 1.06 bits per heavy atom. The molecule has 0 aliphatic rings. The second kappa shape index (κ2) is 4.38. The van der Waals surface area contributed by atoms with Crippen LogP contribution in [0.2, 0.25) is 0 Å². The van der Waals surface area contributed by atoms with Gasteiger partial charge in [-0.3, -0.25) is 0 Å². The first-order valence-electron chi connectivity index (χ1n) is 4.08. The standard InChI is InChI=1S/C8H6BF5O2/c10-7(11)4-1-5(8(12,13)14)3-6(2-4)9(15)16/h1-3,7,15-16H. The van der Waals surface area contributed by atoms with Crippen molar-refractivity contribution in [2.24, 2.45) is 0 Å². The molecule has 16 heavy (non-hydrogen) atoms. The van der Waals surface area contributed by atoms with E-state index in [2.05, 4.69) is 0 Å². The van der Waals surface area contributed by atoms with Crippen molar-refractivity contribution in [2.45, 2.75) is 12.6 Å². The monoisotopic (exact) mass is 240 g/mol. The quantitative estimate of drug-likeness (QED) is 0.604. The number of benzene rings is 1. The molecule has 0 heterocycles. The summed E-state index contributed by atoms with van der Waals surface area (Å²) in [6, 6.07) is 1.30. The minimum absolute atomic E-state index is 0.274. The van der Waals surface area contributed by atoms with Crippen molar-refractivity contribution in [2.75, 3.05) is 0 Å². The normalized spacial score (nSPS) is 12.0. The molecule has 0 atom stereocenters. The largest absolute Gasteiger partial charge is 0.488 e. The van der Waals surface area contributed by atoms with Gasteiger partial charge < -0.3 is 10.0 Å². The predicted octanol–water partition coefficient (Wildman–Crippen LogP) is 1.32. The fourth-order valence-corrected chi connectivity index (χ4v) is 1.12. The molecule has 0 aliphatic heterocycles. The number of hydrogen-bond acceptors (Lipinski definition) is 2. The molecule has 1 aromatic carbocycles. The summed E-state index contributed by atoms with van der Waals surface area (Å²) in [6.45, 7) is 0. The van der Waals surface area contributed by atoms with Gasteiger partial charge in [0, 0.05) is 5.56 Å². The Bertz CT molecular complexity index is 351. The van der Waals surface area contributed by atoms with Crippen molar-refractivity contribution in [3.05, 3.63) is 29.3 Å². The molecule has 0 unspecified atom stereocenters. The van der Waals surface area contributed by atoms with Crippen LogP contribution in [0.5, 0.6) is 0 Å². The summed E-state index contributed by atoms with van der Waals surface area (Å²) in [5.74, 6) is 0. The Labute approximate surface area is 87.5 Å². The lowest BCUT2D eigenvalue weighted by molar-refractivity contribution is -0.137. The summed E-state index contributed by atoms with van der Waals surface area (Å²) in [6.07, 6.45) is -7.92. The van der Waals surface area contributed by atoms with Crippen molar-refractivity contribution in [1.29, 1.82) is 0 Å². The number of alkyl halides is 5. The lowest BCUT2D eigenvalue weighted by atomic mass is 9.78. The maximum absolute atomic E-state index is 12.3. The van der Waals surface area contributed by atoms with E-state index >= 15 is 0 Å². The van der Waals surface area contributed by atoms with Gasteiger partial charge in [-0.1, -0.05) is 12.1 Å². The summed E-state index contributed by atoms with van der Waals surface area (Å²) < 4.78 is 61.3. The fraction of sp³-hybridized carbons (Fsp3) is 0.250. The van der Waals surface area contributed by atoms with E-state index in [1.54, 1.807) is 0 Å². The third kappa shape index (κ3) is 2.92. The zero-order valence-electron chi connectivity index (χ0n) is 7.67. The van der Waals surface area contributed by atoms with E-state index in [0.29, 0.717) is 12.1 Å². The first-order valence-corrected chi connectivity index (χ1v) is 4.08. The molecule has 0 aromatic heterocycles. The Balaban J connectivity index is 3.30. The van der Waals surface area contributed by atoms with E-state index in [1.165, 1.54) is 0 Å².